The van der Waals surface area contributed by atoms with E-state index in [1.165, 1.54) is 0 Å². The number of aromatic hydroxyl groups is 4. The Bertz CT molecular complexity index is 1320. The molecule has 0 amide bonds. The Hall–Kier alpha value is -3.57. The number of hydrogen-bond acceptors (Lipinski definition) is 5. The zero-order valence-electron chi connectivity index (χ0n) is 22.6. The van der Waals surface area contributed by atoms with E-state index in [1.54, 1.807) is 30.3 Å². The summed E-state index contributed by atoms with van der Waals surface area (Å²) < 4.78 is 0. The average molecular weight is 531 g/mol. The molecule has 0 spiro atoms. The van der Waals surface area contributed by atoms with Gasteiger partial charge in [-0.25, -0.2) is 0 Å². The van der Waals surface area contributed by atoms with Gasteiger partial charge >= 0.3 is 0 Å². The van der Waals surface area contributed by atoms with Crippen molar-refractivity contribution in [1.82, 2.24) is 0 Å². The molecule has 0 aliphatic rings. The van der Waals surface area contributed by atoms with Crippen LogP contribution in [-0.2, 0) is 18.3 Å². The average Bonchev–Trinajstić information content (AvgIpc) is 2.92. The van der Waals surface area contributed by atoms with E-state index < -0.39 is 5.41 Å². The van der Waals surface area contributed by atoms with Crippen molar-refractivity contribution in [2.24, 2.45) is 0 Å². The molecule has 0 saturated heterocycles. The van der Waals surface area contributed by atoms with Crippen LogP contribution in [0.3, 0.4) is 0 Å². The molecule has 4 rings (SSSR count). The summed E-state index contributed by atoms with van der Waals surface area (Å²) >= 11 is 4.56. The highest BCUT2D eigenvalue weighted by atomic mass is 32.1. The number of benzene rings is 4. The largest absolute Gasteiger partial charge is 0.508 e. The number of thiol groups is 1. The van der Waals surface area contributed by atoms with E-state index in [0.717, 1.165) is 59.1 Å². The van der Waals surface area contributed by atoms with Gasteiger partial charge in [-0.15, -0.1) is 12.6 Å². The maximum absolute atomic E-state index is 10.4. The Morgan fingerprint density at radius 3 is 1.68 bits per heavy atom. The number of rotatable bonds is 8. The molecule has 0 fully saturated rings. The molecule has 0 saturated carbocycles. The SMILES string of the molecule is CC.Cc1cc(CCC(CCc2ccc(O)cc2)(c2ccc(O)cc2)c2cc(C)c(O)c(S)c2)ccc1O. The summed E-state index contributed by atoms with van der Waals surface area (Å²) in [6.45, 7) is 7.77. The topological polar surface area (TPSA) is 80.9 Å². The molecule has 4 aromatic carbocycles. The molecule has 0 bridgehead atoms. The second kappa shape index (κ2) is 12.8. The van der Waals surface area contributed by atoms with Crippen LogP contribution < -0.4 is 0 Å². The van der Waals surface area contributed by atoms with Crippen LogP contribution in [0.25, 0.3) is 0 Å². The Morgan fingerprint density at radius 1 is 0.605 bits per heavy atom. The van der Waals surface area contributed by atoms with Crippen LogP contribution in [0.2, 0.25) is 0 Å². The van der Waals surface area contributed by atoms with Gasteiger partial charge in [0.25, 0.3) is 0 Å². The van der Waals surface area contributed by atoms with Crippen molar-refractivity contribution in [2.75, 3.05) is 0 Å². The number of phenolic OH excluding ortho intramolecular Hbond substituents is 4. The first-order chi connectivity index (χ1) is 18.2. The predicted octanol–water partition coefficient (Wildman–Crippen LogP) is 7.99. The summed E-state index contributed by atoms with van der Waals surface area (Å²) in [5.74, 6) is 0.899. The van der Waals surface area contributed by atoms with Gasteiger partial charge in [-0.2, -0.15) is 0 Å². The van der Waals surface area contributed by atoms with Crippen LogP contribution in [0.4, 0.5) is 0 Å². The van der Waals surface area contributed by atoms with Crippen LogP contribution in [-0.4, -0.2) is 20.4 Å². The third-order valence-corrected chi connectivity index (χ3v) is 7.47. The summed E-state index contributed by atoms with van der Waals surface area (Å²) in [6.07, 6.45) is 3.05. The molecule has 200 valence electrons. The van der Waals surface area contributed by atoms with Crippen molar-refractivity contribution in [1.29, 1.82) is 0 Å². The normalized spacial score (nSPS) is 12.3. The van der Waals surface area contributed by atoms with Crippen molar-refractivity contribution in [3.05, 3.63) is 112 Å². The van der Waals surface area contributed by atoms with E-state index in [2.05, 4.69) is 12.6 Å². The minimum Gasteiger partial charge on any atom is -0.508 e. The van der Waals surface area contributed by atoms with Gasteiger partial charge in [-0.05, 0) is 109 Å². The van der Waals surface area contributed by atoms with Crippen LogP contribution >= 0.6 is 12.6 Å². The maximum atomic E-state index is 10.4. The second-order valence-electron chi connectivity index (χ2n) is 9.58. The van der Waals surface area contributed by atoms with Gasteiger partial charge in [-0.1, -0.05) is 56.3 Å². The molecule has 0 radical (unpaired) electrons. The van der Waals surface area contributed by atoms with Crippen LogP contribution in [0.5, 0.6) is 23.0 Å². The van der Waals surface area contributed by atoms with Gasteiger partial charge in [-0.3, -0.25) is 0 Å². The Balaban J connectivity index is 0.00000195. The van der Waals surface area contributed by atoms with Gasteiger partial charge in [0, 0.05) is 10.3 Å². The molecule has 1 unspecified atom stereocenters. The summed E-state index contributed by atoms with van der Waals surface area (Å²) in [5.41, 5.74) is 5.48. The molecule has 0 heterocycles. The third-order valence-electron chi connectivity index (χ3n) is 7.13. The third kappa shape index (κ3) is 6.65. The quantitative estimate of drug-likeness (QED) is 0.150. The molecule has 0 aliphatic heterocycles. The highest BCUT2D eigenvalue weighted by Crippen LogP contribution is 2.44. The van der Waals surface area contributed by atoms with Gasteiger partial charge in [0.05, 0.1) is 0 Å². The van der Waals surface area contributed by atoms with Gasteiger partial charge in [0.2, 0.25) is 0 Å². The van der Waals surface area contributed by atoms with Crippen molar-refractivity contribution in [2.45, 2.75) is 63.7 Å². The van der Waals surface area contributed by atoms with Gasteiger partial charge < -0.3 is 20.4 Å². The zero-order valence-corrected chi connectivity index (χ0v) is 23.5. The maximum Gasteiger partial charge on any atom is 0.131 e. The molecule has 5 heteroatoms. The fraction of sp³-hybridized carbons (Fsp3) is 0.273. The predicted molar refractivity (Wildman–Crippen MR) is 158 cm³/mol. The summed E-state index contributed by atoms with van der Waals surface area (Å²) in [4.78, 5) is 0.526. The van der Waals surface area contributed by atoms with E-state index in [-0.39, 0.29) is 23.0 Å². The fourth-order valence-electron chi connectivity index (χ4n) is 4.94. The minimum atomic E-state index is -0.451. The number of phenols is 4. The van der Waals surface area contributed by atoms with E-state index in [9.17, 15) is 20.4 Å². The lowest BCUT2D eigenvalue weighted by Gasteiger charge is -2.36. The van der Waals surface area contributed by atoms with Crippen LogP contribution in [0.1, 0.15) is 60.1 Å². The molecule has 4 N–H and O–H groups in total. The first-order valence-electron chi connectivity index (χ1n) is 13.1. The van der Waals surface area contributed by atoms with Crippen molar-refractivity contribution < 1.29 is 20.4 Å². The van der Waals surface area contributed by atoms with Gasteiger partial charge in [0.1, 0.15) is 23.0 Å². The first-order valence-corrected chi connectivity index (χ1v) is 13.5. The molecule has 38 heavy (non-hydrogen) atoms. The minimum absolute atomic E-state index is 0.175. The summed E-state index contributed by atoms with van der Waals surface area (Å²) in [6, 6.07) is 24.3. The Morgan fingerprint density at radius 2 is 1.13 bits per heavy atom. The number of aryl methyl sites for hydroxylation is 4. The monoisotopic (exact) mass is 530 g/mol. The molecular formula is C33H38O4S. The lowest BCUT2D eigenvalue weighted by Crippen LogP contribution is -2.30. The molecule has 4 nitrogen and oxygen atoms in total. The first kappa shape index (κ1) is 29.0. The van der Waals surface area contributed by atoms with E-state index in [4.69, 9.17) is 0 Å². The van der Waals surface area contributed by atoms with Crippen molar-refractivity contribution in [3.63, 3.8) is 0 Å². The van der Waals surface area contributed by atoms with E-state index >= 15 is 0 Å². The summed E-state index contributed by atoms with van der Waals surface area (Å²) in [5, 5.41) is 40.2. The molecule has 0 aliphatic carbocycles. The highest BCUT2D eigenvalue weighted by Gasteiger charge is 2.35. The molecule has 0 aromatic heterocycles. The Labute approximate surface area is 231 Å². The molecule has 4 aromatic rings. The van der Waals surface area contributed by atoms with Crippen molar-refractivity contribution >= 4 is 12.6 Å². The van der Waals surface area contributed by atoms with Crippen molar-refractivity contribution in [3.8, 4) is 23.0 Å². The fourth-order valence-corrected chi connectivity index (χ4v) is 5.25. The highest BCUT2D eigenvalue weighted by molar-refractivity contribution is 7.80. The van der Waals surface area contributed by atoms with E-state index in [1.807, 2.05) is 76.2 Å². The van der Waals surface area contributed by atoms with Crippen LogP contribution in [0.15, 0.2) is 83.8 Å². The molecule has 1 atom stereocenters. The van der Waals surface area contributed by atoms with E-state index in [0.29, 0.717) is 4.90 Å². The Kier molecular flexibility index (Phi) is 9.76. The lowest BCUT2D eigenvalue weighted by atomic mass is 9.67. The van der Waals surface area contributed by atoms with Crippen LogP contribution in [0, 0.1) is 13.8 Å². The van der Waals surface area contributed by atoms with Gasteiger partial charge in [0.15, 0.2) is 0 Å². The number of hydrogen-bond donors (Lipinski definition) is 5. The second-order valence-corrected chi connectivity index (χ2v) is 10.1. The lowest BCUT2D eigenvalue weighted by molar-refractivity contribution is 0.427. The molecular weight excluding hydrogens is 492 g/mol. The standard InChI is InChI=1S/C31H32O4S.C2H6/c1-20-17-23(5-12-28(20)34)14-16-31(24-6-10-27(33)11-7-24,15-13-22-3-8-26(32)9-4-22)25-18-21(2)30(35)29(36)19-25;1-2/h3-12,17-19,32-36H,13-16H2,1-2H3;1-2H3. The zero-order chi connectivity index (χ0) is 27.9. The smallest absolute Gasteiger partial charge is 0.131 e. The summed E-state index contributed by atoms with van der Waals surface area (Å²) in [7, 11) is 0.